The van der Waals surface area contributed by atoms with Crippen LogP contribution in [0.4, 0.5) is 0 Å². The topological polar surface area (TPSA) is 70.9 Å². The van der Waals surface area contributed by atoms with Gasteiger partial charge in [0.25, 0.3) is 0 Å². The van der Waals surface area contributed by atoms with Crippen LogP contribution >= 0.6 is 0 Å². The highest BCUT2D eigenvalue weighted by Gasteiger charge is 2.21. The Hall–Kier alpha value is -1.81. The van der Waals surface area contributed by atoms with E-state index in [4.69, 9.17) is 9.85 Å². The zero-order valence-corrected chi connectivity index (χ0v) is 9.92. The van der Waals surface area contributed by atoms with Gasteiger partial charge in [0.15, 0.2) is 0 Å². The zero-order chi connectivity index (χ0) is 15.2. The predicted molar refractivity (Wildman–Crippen MR) is 71.7 cm³/mol. The first-order chi connectivity index (χ1) is 9.83. The molecule has 1 heterocycles. The number of hydrogen-bond acceptors (Lipinski definition) is 2. The summed E-state index contributed by atoms with van der Waals surface area (Å²) in [6.45, 7) is -2.12. The predicted octanol–water partition coefficient (Wildman–Crippen LogP) is 1.34. The van der Waals surface area contributed by atoms with Gasteiger partial charge in [-0.05, 0) is 43.9 Å². The lowest BCUT2D eigenvalue weighted by atomic mass is 9.91. The van der Waals surface area contributed by atoms with Gasteiger partial charge < -0.3 is 16.0 Å². The number of nitrogens with one attached hydrogen (secondary N) is 2. The molecular formula is C14H17N3O. The summed E-state index contributed by atoms with van der Waals surface area (Å²) in [6.07, 6.45) is 2.24. The van der Waals surface area contributed by atoms with Crippen molar-refractivity contribution in [2.75, 3.05) is 6.98 Å². The van der Waals surface area contributed by atoms with Gasteiger partial charge in [0.05, 0.1) is 0 Å². The molecule has 4 heteroatoms. The molecular weight excluding hydrogens is 226 g/mol. The Labute approximate surface area is 110 Å². The quantitative estimate of drug-likeness (QED) is 0.748. The lowest BCUT2D eigenvalue weighted by molar-refractivity contribution is 0.100. The van der Waals surface area contributed by atoms with Crippen molar-refractivity contribution in [3.05, 3.63) is 35.0 Å². The van der Waals surface area contributed by atoms with Gasteiger partial charge in [-0.15, -0.1) is 0 Å². The van der Waals surface area contributed by atoms with Crippen LogP contribution < -0.4 is 11.1 Å². The summed E-state index contributed by atoms with van der Waals surface area (Å²) in [7, 11) is 0. The van der Waals surface area contributed by atoms with Crippen molar-refractivity contribution in [2.45, 2.75) is 25.3 Å². The monoisotopic (exact) mass is 246 g/mol. The third-order valence-corrected chi connectivity index (χ3v) is 3.68. The molecule has 0 saturated heterocycles. The molecule has 94 valence electrons. The number of H-pyrrole nitrogens is 1. The summed E-state index contributed by atoms with van der Waals surface area (Å²) in [4.78, 5) is 14.6. The molecule has 1 aliphatic rings. The Bertz CT molecular complexity index is 705. The number of nitrogens with two attached hydrogens (primary N) is 1. The van der Waals surface area contributed by atoms with Crippen LogP contribution in [0.5, 0.6) is 0 Å². The molecule has 0 bridgehead atoms. The van der Waals surface area contributed by atoms with Crippen molar-refractivity contribution in [1.82, 2.24) is 10.3 Å². The maximum absolute atomic E-state index is 11.2. The SMILES string of the molecule is [2H]C([2H])([2H])NC1CCc2[nH]c3cc(C(N)=O)ccc3c2C1. The largest absolute Gasteiger partial charge is 0.366 e. The normalized spacial score (nSPS) is 22.0. The van der Waals surface area contributed by atoms with Gasteiger partial charge >= 0.3 is 0 Å². The number of fused-ring (bicyclic) bond motifs is 3. The Balaban J connectivity index is 1.94. The number of aromatic amines is 1. The average molecular weight is 246 g/mol. The minimum Gasteiger partial charge on any atom is -0.366 e. The van der Waals surface area contributed by atoms with Gasteiger partial charge in [0.2, 0.25) is 5.91 Å². The molecule has 1 aliphatic carbocycles. The smallest absolute Gasteiger partial charge is 0.248 e. The van der Waals surface area contributed by atoms with E-state index in [1.807, 2.05) is 6.07 Å². The maximum Gasteiger partial charge on any atom is 0.248 e. The van der Waals surface area contributed by atoms with E-state index in [1.54, 1.807) is 12.1 Å². The van der Waals surface area contributed by atoms with Crippen molar-refractivity contribution in [1.29, 1.82) is 0 Å². The number of benzene rings is 1. The molecule has 0 spiro atoms. The van der Waals surface area contributed by atoms with Gasteiger partial charge in [-0.1, -0.05) is 6.07 Å². The molecule has 4 N–H and O–H groups in total. The highest BCUT2D eigenvalue weighted by atomic mass is 16.1. The minimum absolute atomic E-state index is 0.0557. The molecule has 2 aromatic rings. The van der Waals surface area contributed by atoms with Crippen LogP contribution in [-0.4, -0.2) is 23.9 Å². The Morgan fingerprint density at radius 2 is 2.50 bits per heavy atom. The molecule has 3 rings (SSSR count). The maximum atomic E-state index is 11.2. The van der Waals surface area contributed by atoms with Crippen LogP contribution in [0.1, 0.15) is 32.1 Å². The summed E-state index contributed by atoms with van der Waals surface area (Å²) in [6, 6.07) is 5.28. The second-order valence-corrected chi connectivity index (χ2v) is 4.79. The number of likely N-dealkylation sites (N-methyl/N-ethyl adjacent to an activating group) is 1. The molecule has 0 radical (unpaired) electrons. The first-order valence-corrected chi connectivity index (χ1v) is 6.04. The van der Waals surface area contributed by atoms with Crippen LogP contribution in [0.25, 0.3) is 10.9 Å². The molecule has 1 atom stereocenters. The van der Waals surface area contributed by atoms with E-state index in [2.05, 4.69) is 10.3 Å². The van der Waals surface area contributed by atoms with Gasteiger partial charge in [-0.25, -0.2) is 0 Å². The Morgan fingerprint density at radius 3 is 3.28 bits per heavy atom. The number of primary amides is 1. The van der Waals surface area contributed by atoms with Crippen LogP contribution in [0.3, 0.4) is 0 Å². The van der Waals surface area contributed by atoms with Crippen LogP contribution in [0, 0.1) is 0 Å². The highest BCUT2D eigenvalue weighted by Crippen LogP contribution is 2.29. The zero-order valence-electron chi connectivity index (χ0n) is 12.9. The number of rotatable bonds is 2. The molecule has 0 saturated carbocycles. The number of carbonyl (C=O) groups is 1. The van der Waals surface area contributed by atoms with E-state index in [-0.39, 0.29) is 6.04 Å². The third kappa shape index (κ3) is 1.69. The summed E-state index contributed by atoms with van der Waals surface area (Å²) >= 11 is 0. The number of carbonyl (C=O) groups excluding carboxylic acids is 1. The van der Waals surface area contributed by atoms with Gasteiger partial charge in [0.1, 0.15) is 0 Å². The fourth-order valence-electron chi connectivity index (χ4n) is 2.70. The number of amides is 1. The molecule has 18 heavy (non-hydrogen) atoms. The van der Waals surface area contributed by atoms with E-state index in [9.17, 15) is 4.79 Å². The molecule has 0 aliphatic heterocycles. The summed E-state index contributed by atoms with van der Waals surface area (Å²) < 4.78 is 21.9. The van der Waals surface area contributed by atoms with Crippen molar-refractivity contribution < 1.29 is 8.91 Å². The Morgan fingerprint density at radius 1 is 1.61 bits per heavy atom. The van der Waals surface area contributed by atoms with E-state index >= 15 is 0 Å². The second kappa shape index (κ2) is 4.14. The van der Waals surface area contributed by atoms with Gasteiger partial charge in [0, 0.05) is 32.3 Å². The van der Waals surface area contributed by atoms with Crippen LogP contribution in [-0.2, 0) is 12.8 Å². The summed E-state index contributed by atoms with van der Waals surface area (Å²) in [5, 5.41) is 3.73. The van der Waals surface area contributed by atoms with Crippen molar-refractivity contribution in [3.63, 3.8) is 0 Å². The molecule has 4 nitrogen and oxygen atoms in total. The van der Waals surface area contributed by atoms with E-state index in [0.29, 0.717) is 12.0 Å². The van der Waals surface area contributed by atoms with Crippen LogP contribution in [0.2, 0.25) is 0 Å². The molecule has 1 unspecified atom stereocenters. The number of hydrogen-bond donors (Lipinski definition) is 3. The third-order valence-electron chi connectivity index (χ3n) is 3.68. The summed E-state index contributed by atoms with van der Waals surface area (Å²) in [5.41, 5.74) is 8.90. The minimum atomic E-state index is -2.12. The number of aromatic nitrogens is 1. The second-order valence-electron chi connectivity index (χ2n) is 4.79. The van der Waals surface area contributed by atoms with Crippen molar-refractivity contribution in [2.24, 2.45) is 5.73 Å². The molecule has 1 aromatic heterocycles. The molecule has 1 aromatic carbocycles. The average Bonchev–Trinajstić information content (AvgIpc) is 2.73. The van der Waals surface area contributed by atoms with Crippen LogP contribution in [0.15, 0.2) is 18.2 Å². The first kappa shape index (κ1) is 8.32. The lowest BCUT2D eigenvalue weighted by Gasteiger charge is -2.21. The van der Waals surface area contributed by atoms with E-state index in [1.165, 1.54) is 0 Å². The molecule has 1 amide bonds. The highest BCUT2D eigenvalue weighted by molar-refractivity contribution is 5.97. The van der Waals surface area contributed by atoms with Crippen molar-refractivity contribution >= 4 is 16.8 Å². The molecule has 0 fully saturated rings. The summed E-state index contributed by atoms with van der Waals surface area (Å²) in [5.74, 6) is -0.452. The van der Waals surface area contributed by atoms with E-state index in [0.717, 1.165) is 35.0 Å². The first-order valence-electron chi connectivity index (χ1n) is 7.54. The fourth-order valence-corrected chi connectivity index (χ4v) is 2.70. The van der Waals surface area contributed by atoms with Gasteiger partial charge in [-0.3, -0.25) is 4.79 Å². The van der Waals surface area contributed by atoms with Gasteiger partial charge in [-0.2, -0.15) is 0 Å². The van der Waals surface area contributed by atoms with Crippen molar-refractivity contribution in [3.8, 4) is 0 Å². The number of aryl methyl sites for hydroxylation is 1. The fraction of sp³-hybridized carbons (Fsp3) is 0.357. The Kier molecular flexibility index (Phi) is 1.91. The van der Waals surface area contributed by atoms with E-state index < -0.39 is 12.9 Å². The standard InChI is InChI=1S/C14H17N3O/c1-16-9-3-5-12-11(7-9)10-4-2-8(14(15)18)6-13(10)17-12/h2,4,6,9,16-17H,3,5,7H2,1H3,(H2,15,18)/i1D3. The lowest BCUT2D eigenvalue weighted by Crippen LogP contribution is -2.31.